The number of Topliss-reactive ketones (excluding diaryl/α,β-unsaturated/α-hetero) is 1. The number of aliphatic hydroxyl groups is 1. The van der Waals surface area contributed by atoms with E-state index < -0.39 is 23.8 Å². The molecule has 0 aliphatic rings. The number of amides is 1. The average molecular weight is 370 g/mol. The predicted octanol–water partition coefficient (Wildman–Crippen LogP) is 2.41. The van der Waals surface area contributed by atoms with Crippen molar-refractivity contribution in [1.82, 2.24) is 10.3 Å². The molecule has 0 fully saturated rings. The topological polar surface area (TPSA) is 91.4 Å². The van der Waals surface area contributed by atoms with Crippen LogP contribution in [0.5, 0.6) is 5.75 Å². The summed E-state index contributed by atoms with van der Waals surface area (Å²) in [5, 5.41) is 12.3. The number of ether oxygens (including phenoxy) is 1. The zero-order valence-electron chi connectivity index (χ0n) is 13.8. The van der Waals surface area contributed by atoms with Gasteiger partial charge in [-0.2, -0.15) is 13.2 Å². The number of carbonyl (C=O) groups excluding carboxylic acids is 2. The largest absolute Gasteiger partial charge is 0.491 e. The summed E-state index contributed by atoms with van der Waals surface area (Å²) in [6, 6.07) is 5.44. The number of benzene rings is 1. The van der Waals surface area contributed by atoms with Crippen molar-refractivity contribution in [2.75, 3.05) is 13.2 Å². The van der Waals surface area contributed by atoms with Gasteiger partial charge in [0.15, 0.2) is 5.78 Å². The van der Waals surface area contributed by atoms with Crippen LogP contribution in [-0.4, -0.2) is 41.0 Å². The van der Waals surface area contributed by atoms with Crippen LogP contribution in [0.3, 0.4) is 0 Å². The Morgan fingerprint density at radius 3 is 2.46 bits per heavy atom. The number of carbonyl (C=O) groups is 2. The van der Waals surface area contributed by atoms with E-state index in [0.717, 1.165) is 24.3 Å². The van der Waals surface area contributed by atoms with Gasteiger partial charge in [-0.25, -0.2) is 0 Å². The number of aliphatic hydroxyl groups excluding tert-OH is 1. The molecule has 26 heavy (non-hydrogen) atoms. The molecule has 2 aromatic rings. The lowest BCUT2D eigenvalue weighted by molar-refractivity contribution is -0.137. The van der Waals surface area contributed by atoms with Gasteiger partial charge >= 0.3 is 6.18 Å². The van der Waals surface area contributed by atoms with Gasteiger partial charge in [-0.05, 0) is 37.3 Å². The summed E-state index contributed by atoms with van der Waals surface area (Å²) in [7, 11) is 0. The van der Waals surface area contributed by atoms with Gasteiger partial charge in [0.25, 0.3) is 5.91 Å². The normalized spacial score (nSPS) is 12.5. The Morgan fingerprint density at radius 2 is 1.92 bits per heavy atom. The summed E-state index contributed by atoms with van der Waals surface area (Å²) in [5.74, 6) is -0.532. The molecule has 0 spiro atoms. The van der Waals surface area contributed by atoms with E-state index in [2.05, 4.69) is 10.3 Å². The maximum Gasteiger partial charge on any atom is 0.416 e. The third kappa shape index (κ3) is 5.35. The number of nitrogens with one attached hydrogen (secondary N) is 2. The van der Waals surface area contributed by atoms with Crippen LogP contribution in [0.1, 0.15) is 33.3 Å². The molecule has 0 aliphatic carbocycles. The van der Waals surface area contributed by atoms with Gasteiger partial charge in [-0.1, -0.05) is 0 Å². The lowest BCUT2D eigenvalue weighted by Gasteiger charge is -2.13. The molecule has 1 heterocycles. The Bertz CT molecular complexity index is 769. The summed E-state index contributed by atoms with van der Waals surface area (Å²) >= 11 is 0. The maximum absolute atomic E-state index is 12.5. The molecule has 1 amide bonds. The number of ketones is 1. The number of hydrogen-bond acceptors (Lipinski definition) is 4. The second-order valence-electron chi connectivity index (χ2n) is 5.56. The molecule has 9 heteroatoms. The SMILES string of the molecule is CC(=O)c1c[nH]c(C(=O)NC[C@@H](O)COc2ccc(C(F)(F)F)cc2)c1. The molecular weight excluding hydrogens is 353 g/mol. The van der Waals surface area contributed by atoms with E-state index in [1.165, 1.54) is 19.2 Å². The molecule has 1 aromatic carbocycles. The predicted molar refractivity (Wildman–Crippen MR) is 86.1 cm³/mol. The molecule has 0 saturated heterocycles. The van der Waals surface area contributed by atoms with Crippen LogP contribution in [0, 0.1) is 0 Å². The smallest absolute Gasteiger partial charge is 0.416 e. The van der Waals surface area contributed by atoms with Crippen molar-refractivity contribution in [1.29, 1.82) is 0 Å². The fraction of sp³-hybridized carbons (Fsp3) is 0.294. The maximum atomic E-state index is 12.5. The lowest BCUT2D eigenvalue weighted by atomic mass is 10.2. The zero-order chi connectivity index (χ0) is 19.3. The highest BCUT2D eigenvalue weighted by atomic mass is 19.4. The summed E-state index contributed by atoms with van der Waals surface area (Å²) in [4.78, 5) is 25.7. The highest BCUT2D eigenvalue weighted by Gasteiger charge is 2.30. The summed E-state index contributed by atoms with van der Waals surface area (Å²) in [6.45, 7) is 1.02. The van der Waals surface area contributed by atoms with Gasteiger partial charge in [0.2, 0.25) is 0 Å². The Hall–Kier alpha value is -2.81. The van der Waals surface area contributed by atoms with Gasteiger partial charge in [-0.15, -0.1) is 0 Å². The minimum Gasteiger partial charge on any atom is -0.491 e. The minimum absolute atomic E-state index is 0.131. The van der Waals surface area contributed by atoms with E-state index in [1.54, 1.807) is 0 Å². The molecule has 3 N–H and O–H groups in total. The second-order valence-corrected chi connectivity index (χ2v) is 5.56. The molecule has 0 radical (unpaired) electrons. The molecule has 1 aromatic heterocycles. The first kappa shape index (κ1) is 19.5. The fourth-order valence-electron chi connectivity index (χ4n) is 2.03. The Labute approximate surface area is 147 Å². The monoisotopic (exact) mass is 370 g/mol. The van der Waals surface area contributed by atoms with Crippen LogP contribution >= 0.6 is 0 Å². The quantitative estimate of drug-likeness (QED) is 0.653. The molecule has 1 atom stereocenters. The number of aromatic nitrogens is 1. The highest BCUT2D eigenvalue weighted by Crippen LogP contribution is 2.30. The summed E-state index contributed by atoms with van der Waals surface area (Å²) < 4.78 is 42.5. The third-order valence-electron chi connectivity index (χ3n) is 3.46. The fourth-order valence-corrected chi connectivity index (χ4v) is 2.03. The standard InChI is InChI=1S/C17H17F3N2O4/c1-10(23)11-6-15(21-7-11)16(25)22-8-13(24)9-26-14-4-2-12(3-5-14)17(18,19)20/h2-7,13,21,24H,8-9H2,1H3,(H,22,25)/t13-/m1/s1. The zero-order valence-corrected chi connectivity index (χ0v) is 13.8. The molecule has 0 unspecified atom stereocenters. The molecule has 6 nitrogen and oxygen atoms in total. The van der Waals surface area contributed by atoms with Crippen molar-refractivity contribution in [3.63, 3.8) is 0 Å². The lowest BCUT2D eigenvalue weighted by Crippen LogP contribution is -2.35. The van der Waals surface area contributed by atoms with Crippen LogP contribution in [0.2, 0.25) is 0 Å². The average Bonchev–Trinajstić information content (AvgIpc) is 3.08. The molecule has 140 valence electrons. The van der Waals surface area contributed by atoms with Crippen LogP contribution < -0.4 is 10.1 Å². The number of halogens is 3. The number of alkyl halides is 3. The van der Waals surface area contributed by atoms with Crippen molar-refractivity contribution >= 4 is 11.7 Å². The second kappa shape index (κ2) is 8.05. The van der Waals surface area contributed by atoms with Gasteiger partial charge < -0.3 is 20.1 Å². The Balaban J connectivity index is 1.78. The van der Waals surface area contributed by atoms with Crippen molar-refractivity contribution < 1.29 is 32.6 Å². The molecule has 2 rings (SSSR count). The van der Waals surface area contributed by atoms with E-state index in [-0.39, 0.29) is 30.4 Å². The number of rotatable bonds is 7. The minimum atomic E-state index is -4.43. The van der Waals surface area contributed by atoms with Gasteiger partial charge in [0.1, 0.15) is 24.2 Å². The molecule has 0 aliphatic heterocycles. The molecule has 0 saturated carbocycles. The van der Waals surface area contributed by atoms with Crippen molar-refractivity contribution in [2.45, 2.75) is 19.2 Å². The van der Waals surface area contributed by atoms with Crippen molar-refractivity contribution in [3.8, 4) is 5.75 Å². The highest BCUT2D eigenvalue weighted by molar-refractivity contribution is 5.99. The Morgan fingerprint density at radius 1 is 1.27 bits per heavy atom. The first-order valence-electron chi connectivity index (χ1n) is 7.62. The first-order valence-corrected chi connectivity index (χ1v) is 7.62. The number of aromatic amines is 1. The van der Waals surface area contributed by atoms with Gasteiger partial charge in [0, 0.05) is 18.3 Å². The number of hydrogen-bond donors (Lipinski definition) is 3. The van der Waals surface area contributed by atoms with Gasteiger partial charge in [-0.3, -0.25) is 9.59 Å². The first-order chi connectivity index (χ1) is 12.2. The van der Waals surface area contributed by atoms with E-state index >= 15 is 0 Å². The molecular formula is C17H17F3N2O4. The van der Waals surface area contributed by atoms with E-state index in [0.29, 0.717) is 5.56 Å². The van der Waals surface area contributed by atoms with Crippen LogP contribution in [0.25, 0.3) is 0 Å². The summed E-state index contributed by atoms with van der Waals surface area (Å²) in [5.41, 5.74) is -0.263. The van der Waals surface area contributed by atoms with Crippen molar-refractivity contribution in [2.24, 2.45) is 0 Å². The van der Waals surface area contributed by atoms with Crippen molar-refractivity contribution in [3.05, 3.63) is 53.3 Å². The molecule has 0 bridgehead atoms. The third-order valence-corrected chi connectivity index (χ3v) is 3.46. The van der Waals surface area contributed by atoms with E-state index in [1.807, 2.05) is 0 Å². The Kier molecular flexibility index (Phi) is 6.04. The van der Waals surface area contributed by atoms with Crippen LogP contribution in [0.4, 0.5) is 13.2 Å². The van der Waals surface area contributed by atoms with Gasteiger partial charge in [0.05, 0.1) is 5.56 Å². The van der Waals surface area contributed by atoms with Crippen LogP contribution in [-0.2, 0) is 6.18 Å². The van der Waals surface area contributed by atoms with E-state index in [4.69, 9.17) is 4.74 Å². The van der Waals surface area contributed by atoms with E-state index in [9.17, 15) is 27.9 Å². The van der Waals surface area contributed by atoms with Crippen LogP contribution in [0.15, 0.2) is 36.5 Å². The summed E-state index contributed by atoms with van der Waals surface area (Å²) in [6.07, 6.45) is -4.09. The number of H-pyrrole nitrogens is 1.